The summed E-state index contributed by atoms with van der Waals surface area (Å²) in [7, 11) is 1.82. The molecular weight excluding hydrogens is 240 g/mol. The minimum absolute atomic E-state index is 0.0866. The summed E-state index contributed by atoms with van der Waals surface area (Å²) in [6.45, 7) is 10.1. The third kappa shape index (κ3) is 3.23. The lowest BCUT2D eigenvalue weighted by molar-refractivity contribution is 0.0751. The molecule has 0 aliphatic carbocycles. The van der Waals surface area contributed by atoms with Gasteiger partial charge in [-0.2, -0.15) is 5.10 Å². The van der Waals surface area contributed by atoms with Crippen LogP contribution in [0.3, 0.4) is 0 Å². The zero-order valence-corrected chi connectivity index (χ0v) is 11.8. The lowest BCUT2D eigenvalue weighted by Gasteiger charge is -2.21. The van der Waals surface area contributed by atoms with Gasteiger partial charge in [-0.05, 0) is 19.4 Å². The predicted molar refractivity (Wildman–Crippen MR) is 75.1 cm³/mol. The summed E-state index contributed by atoms with van der Waals surface area (Å²) >= 11 is 0. The van der Waals surface area contributed by atoms with Gasteiger partial charge in [0.05, 0.1) is 5.69 Å². The molecule has 2 heterocycles. The number of rotatable bonds is 3. The Morgan fingerprint density at radius 1 is 1.42 bits per heavy atom. The number of aryl methyl sites for hydroxylation is 2. The zero-order valence-electron chi connectivity index (χ0n) is 11.8. The number of carbonyl (C=O) groups excluding carboxylic acids is 1. The van der Waals surface area contributed by atoms with Gasteiger partial charge in [0, 0.05) is 39.8 Å². The molecule has 2 rings (SSSR count). The molecular formula is C14H22N4O. The molecule has 5 nitrogen and oxygen atoms in total. The predicted octanol–water partition coefficient (Wildman–Crippen LogP) is 1.06. The summed E-state index contributed by atoms with van der Waals surface area (Å²) in [6.07, 6.45) is 2.93. The first-order valence-electron chi connectivity index (χ1n) is 6.75. The molecule has 1 aromatic heterocycles. The summed E-state index contributed by atoms with van der Waals surface area (Å²) < 4.78 is 1.67. The Kier molecular flexibility index (Phi) is 4.37. The third-order valence-corrected chi connectivity index (χ3v) is 3.48. The normalized spacial score (nSPS) is 17.3. The number of aromatic nitrogens is 2. The van der Waals surface area contributed by atoms with Crippen LogP contribution in [0.15, 0.2) is 18.7 Å². The number of nitrogens with zero attached hydrogens (tertiary/aromatic N) is 4. The van der Waals surface area contributed by atoms with Gasteiger partial charge in [0.15, 0.2) is 0 Å². The van der Waals surface area contributed by atoms with Crippen molar-refractivity contribution in [2.24, 2.45) is 7.05 Å². The van der Waals surface area contributed by atoms with E-state index in [0.29, 0.717) is 5.69 Å². The maximum atomic E-state index is 12.5. The van der Waals surface area contributed by atoms with E-state index < -0.39 is 0 Å². The first kappa shape index (κ1) is 13.8. The smallest absolute Gasteiger partial charge is 0.272 e. The molecule has 0 spiro atoms. The monoisotopic (exact) mass is 262 g/mol. The Bertz CT molecular complexity index is 466. The average Bonchev–Trinajstić information content (AvgIpc) is 2.59. The van der Waals surface area contributed by atoms with Gasteiger partial charge in [0.2, 0.25) is 0 Å². The van der Waals surface area contributed by atoms with E-state index in [4.69, 9.17) is 0 Å². The second-order valence-electron chi connectivity index (χ2n) is 5.03. The molecule has 0 atom stereocenters. The molecule has 1 amide bonds. The van der Waals surface area contributed by atoms with Gasteiger partial charge in [-0.25, -0.2) is 0 Å². The Labute approximate surface area is 114 Å². The number of carbonyl (C=O) groups is 1. The molecule has 1 fully saturated rings. The Morgan fingerprint density at radius 3 is 2.84 bits per heavy atom. The molecule has 0 radical (unpaired) electrons. The van der Waals surface area contributed by atoms with Crippen molar-refractivity contribution in [1.29, 1.82) is 0 Å². The second-order valence-corrected chi connectivity index (χ2v) is 5.03. The number of hydrogen-bond donors (Lipinski definition) is 0. The molecule has 0 bridgehead atoms. The van der Waals surface area contributed by atoms with Gasteiger partial charge >= 0.3 is 0 Å². The van der Waals surface area contributed by atoms with Crippen LogP contribution in [0, 0.1) is 6.92 Å². The topological polar surface area (TPSA) is 41.4 Å². The number of amides is 1. The van der Waals surface area contributed by atoms with Crippen LogP contribution in [0.5, 0.6) is 0 Å². The van der Waals surface area contributed by atoms with Crippen LogP contribution in [-0.4, -0.2) is 58.2 Å². The fraction of sp³-hybridized carbons (Fsp3) is 0.571. The van der Waals surface area contributed by atoms with Crippen LogP contribution in [0.2, 0.25) is 0 Å². The van der Waals surface area contributed by atoms with Crippen molar-refractivity contribution in [3.8, 4) is 0 Å². The van der Waals surface area contributed by atoms with Crippen molar-refractivity contribution in [1.82, 2.24) is 19.6 Å². The zero-order chi connectivity index (χ0) is 13.8. The minimum Gasteiger partial charge on any atom is -0.336 e. The second kappa shape index (κ2) is 6.02. The number of hydrogen-bond acceptors (Lipinski definition) is 3. The van der Waals surface area contributed by atoms with Crippen LogP contribution in [0.1, 0.15) is 22.6 Å². The van der Waals surface area contributed by atoms with Crippen LogP contribution in [-0.2, 0) is 7.05 Å². The van der Waals surface area contributed by atoms with E-state index in [1.807, 2.05) is 31.0 Å². The molecule has 1 aliphatic heterocycles. The minimum atomic E-state index is 0.0866. The van der Waals surface area contributed by atoms with Crippen LogP contribution in [0.4, 0.5) is 0 Å². The Morgan fingerprint density at radius 2 is 2.21 bits per heavy atom. The SMILES string of the molecule is C=CCN1CCCN(C(=O)c2cc(C)nn2C)CC1. The van der Waals surface area contributed by atoms with Crippen molar-refractivity contribution >= 4 is 5.91 Å². The molecule has 5 heteroatoms. The summed E-state index contributed by atoms with van der Waals surface area (Å²) in [6, 6.07) is 1.86. The standard InChI is InChI=1S/C14H22N4O/c1-4-6-17-7-5-8-18(10-9-17)14(19)13-11-12(2)15-16(13)3/h4,11H,1,5-10H2,2-3H3. The van der Waals surface area contributed by atoms with Crippen LogP contribution >= 0.6 is 0 Å². The van der Waals surface area contributed by atoms with E-state index >= 15 is 0 Å². The summed E-state index contributed by atoms with van der Waals surface area (Å²) in [5.74, 6) is 0.0866. The molecule has 104 valence electrons. The lowest BCUT2D eigenvalue weighted by Crippen LogP contribution is -2.36. The van der Waals surface area contributed by atoms with Gasteiger partial charge in [0.1, 0.15) is 5.69 Å². The highest BCUT2D eigenvalue weighted by molar-refractivity contribution is 5.92. The van der Waals surface area contributed by atoms with E-state index in [9.17, 15) is 4.79 Å². The molecule has 1 aromatic rings. The highest BCUT2D eigenvalue weighted by Crippen LogP contribution is 2.10. The van der Waals surface area contributed by atoms with Gasteiger partial charge in [-0.3, -0.25) is 14.4 Å². The summed E-state index contributed by atoms with van der Waals surface area (Å²) in [5.41, 5.74) is 1.56. The molecule has 0 unspecified atom stereocenters. The van der Waals surface area contributed by atoms with Crippen molar-refractivity contribution in [2.75, 3.05) is 32.7 Å². The lowest BCUT2D eigenvalue weighted by atomic mass is 10.3. The maximum Gasteiger partial charge on any atom is 0.272 e. The van der Waals surface area contributed by atoms with Crippen LogP contribution < -0.4 is 0 Å². The molecule has 0 N–H and O–H groups in total. The maximum absolute atomic E-state index is 12.5. The molecule has 19 heavy (non-hydrogen) atoms. The van der Waals surface area contributed by atoms with E-state index in [1.54, 1.807) is 4.68 Å². The first-order chi connectivity index (χ1) is 9.11. The van der Waals surface area contributed by atoms with E-state index in [2.05, 4.69) is 16.6 Å². The Hall–Kier alpha value is -1.62. The van der Waals surface area contributed by atoms with Gasteiger partial charge in [0.25, 0.3) is 5.91 Å². The van der Waals surface area contributed by atoms with Crippen LogP contribution in [0.25, 0.3) is 0 Å². The molecule has 1 saturated heterocycles. The van der Waals surface area contributed by atoms with E-state index in [-0.39, 0.29) is 5.91 Å². The van der Waals surface area contributed by atoms with E-state index in [1.165, 1.54) is 0 Å². The highest BCUT2D eigenvalue weighted by Gasteiger charge is 2.22. The van der Waals surface area contributed by atoms with Gasteiger partial charge < -0.3 is 4.90 Å². The largest absolute Gasteiger partial charge is 0.336 e. The van der Waals surface area contributed by atoms with Gasteiger partial charge in [-0.15, -0.1) is 6.58 Å². The molecule has 1 aliphatic rings. The highest BCUT2D eigenvalue weighted by atomic mass is 16.2. The fourth-order valence-electron chi connectivity index (χ4n) is 2.51. The van der Waals surface area contributed by atoms with Crippen molar-refractivity contribution in [2.45, 2.75) is 13.3 Å². The fourth-order valence-corrected chi connectivity index (χ4v) is 2.51. The summed E-state index contributed by atoms with van der Waals surface area (Å²) in [5, 5.41) is 4.24. The molecule has 0 aromatic carbocycles. The quantitative estimate of drug-likeness (QED) is 0.765. The summed E-state index contributed by atoms with van der Waals surface area (Å²) in [4.78, 5) is 16.7. The van der Waals surface area contributed by atoms with Crippen molar-refractivity contribution in [3.05, 3.63) is 30.1 Å². The van der Waals surface area contributed by atoms with Gasteiger partial charge in [-0.1, -0.05) is 6.08 Å². The van der Waals surface area contributed by atoms with Crippen molar-refractivity contribution < 1.29 is 4.79 Å². The third-order valence-electron chi connectivity index (χ3n) is 3.48. The molecule has 0 saturated carbocycles. The average molecular weight is 262 g/mol. The van der Waals surface area contributed by atoms with Crippen molar-refractivity contribution in [3.63, 3.8) is 0 Å². The first-order valence-corrected chi connectivity index (χ1v) is 6.75. The van der Waals surface area contributed by atoms with E-state index in [0.717, 1.165) is 44.8 Å². The Balaban J connectivity index is 2.04.